The van der Waals surface area contributed by atoms with Crippen LogP contribution in [0.1, 0.15) is 38.3 Å². The molecule has 0 aliphatic carbocycles. The molecular formula is C14H22BrNO2. The number of halogens is 1. The molecule has 0 fully saturated rings. The van der Waals surface area contributed by atoms with Gasteiger partial charge >= 0.3 is 0 Å². The number of nitrogens with one attached hydrogen (secondary N) is 1. The molecule has 0 bridgehead atoms. The van der Waals surface area contributed by atoms with Gasteiger partial charge < -0.3 is 14.8 Å². The van der Waals surface area contributed by atoms with E-state index in [1.807, 2.05) is 6.07 Å². The Morgan fingerprint density at radius 3 is 2.44 bits per heavy atom. The maximum atomic E-state index is 5.51. The molecule has 1 atom stereocenters. The van der Waals surface area contributed by atoms with Crippen LogP contribution in [0.4, 0.5) is 0 Å². The predicted molar refractivity (Wildman–Crippen MR) is 78.6 cm³/mol. The van der Waals surface area contributed by atoms with E-state index < -0.39 is 0 Å². The van der Waals surface area contributed by atoms with E-state index in [0.29, 0.717) is 6.04 Å². The van der Waals surface area contributed by atoms with E-state index in [9.17, 15) is 0 Å². The minimum Gasteiger partial charge on any atom is -0.495 e. The van der Waals surface area contributed by atoms with E-state index in [4.69, 9.17) is 9.47 Å². The predicted octanol–water partition coefficient (Wildman–Crippen LogP) is 3.92. The molecule has 1 rings (SSSR count). The maximum Gasteiger partial charge on any atom is 0.141 e. The molecule has 0 aliphatic heterocycles. The number of ether oxygens (including phenoxy) is 2. The van der Waals surface area contributed by atoms with Gasteiger partial charge in [-0.15, -0.1) is 0 Å². The summed E-state index contributed by atoms with van der Waals surface area (Å²) in [4.78, 5) is 0. The summed E-state index contributed by atoms with van der Waals surface area (Å²) in [5.74, 6) is 1.64. The third-order valence-electron chi connectivity index (χ3n) is 2.94. The van der Waals surface area contributed by atoms with Crippen LogP contribution in [-0.4, -0.2) is 20.8 Å². The van der Waals surface area contributed by atoms with E-state index in [1.165, 1.54) is 5.56 Å². The lowest BCUT2D eigenvalue weighted by Crippen LogP contribution is -2.22. The molecule has 0 spiro atoms. The van der Waals surface area contributed by atoms with Gasteiger partial charge in [0.2, 0.25) is 0 Å². The van der Waals surface area contributed by atoms with Crippen molar-refractivity contribution in [1.29, 1.82) is 0 Å². The first kappa shape index (κ1) is 15.3. The topological polar surface area (TPSA) is 30.5 Å². The first-order chi connectivity index (χ1) is 8.69. The molecule has 102 valence electrons. The SMILES string of the molecule is CCCNC(CC)c1ccc(OC)c(Br)c1OC. The summed E-state index contributed by atoms with van der Waals surface area (Å²) < 4.78 is 11.7. The molecule has 0 heterocycles. The summed E-state index contributed by atoms with van der Waals surface area (Å²) in [6.07, 6.45) is 2.14. The summed E-state index contributed by atoms with van der Waals surface area (Å²) in [5.41, 5.74) is 1.17. The van der Waals surface area contributed by atoms with Crippen LogP contribution in [0.2, 0.25) is 0 Å². The molecule has 3 nitrogen and oxygen atoms in total. The minimum absolute atomic E-state index is 0.308. The number of benzene rings is 1. The van der Waals surface area contributed by atoms with Gasteiger partial charge in [-0.3, -0.25) is 0 Å². The molecular weight excluding hydrogens is 294 g/mol. The molecule has 1 unspecified atom stereocenters. The lowest BCUT2D eigenvalue weighted by Gasteiger charge is -2.21. The van der Waals surface area contributed by atoms with Gasteiger partial charge in [-0.2, -0.15) is 0 Å². The third kappa shape index (κ3) is 3.39. The van der Waals surface area contributed by atoms with Crippen LogP contribution >= 0.6 is 15.9 Å². The smallest absolute Gasteiger partial charge is 0.141 e. The Morgan fingerprint density at radius 1 is 1.22 bits per heavy atom. The zero-order valence-corrected chi connectivity index (χ0v) is 13.1. The van der Waals surface area contributed by atoms with E-state index in [1.54, 1.807) is 14.2 Å². The third-order valence-corrected chi connectivity index (χ3v) is 3.69. The van der Waals surface area contributed by atoms with Gasteiger partial charge in [-0.1, -0.05) is 13.8 Å². The maximum absolute atomic E-state index is 5.51. The molecule has 1 aromatic carbocycles. The highest BCUT2D eigenvalue weighted by Gasteiger charge is 2.18. The van der Waals surface area contributed by atoms with Crippen LogP contribution in [0, 0.1) is 0 Å². The van der Waals surface area contributed by atoms with Gasteiger partial charge in [0.1, 0.15) is 16.0 Å². The average molecular weight is 316 g/mol. The molecule has 0 saturated carbocycles. The Morgan fingerprint density at radius 2 is 1.94 bits per heavy atom. The Balaban J connectivity index is 3.10. The van der Waals surface area contributed by atoms with Crippen molar-refractivity contribution in [2.24, 2.45) is 0 Å². The van der Waals surface area contributed by atoms with Crippen molar-refractivity contribution in [3.63, 3.8) is 0 Å². The number of hydrogen-bond acceptors (Lipinski definition) is 3. The van der Waals surface area contributed by atoms with Gasteiger partial charge in [0.05, 0.1) is 14.2 Å². The second-order valence-electron chi connectivity index (χ2n) is 4.12. The fourth-order valence-corrected chi connectivity index (χ4v) is 2.67. The molecule has 1 aromatic rings. The summed E-state index contributed by atoms with van der Waals surface area (Å²) in [6, 6.07) is 4.35. The highest BCUT2D eigenvalue weighted by atomic mass is 79.9. The number of methoxy groups -OCH3 is 2. The van der Waals surface area contributed by atoms with Crippen LogP contribution in [0.15, 0.2) is 16.6 Å². The quantitative estimate of drug-likeness (QED) is 0.827. The summed E-state index contributed by atoms with van der Waals surface area (Å²) in [7, 11) is 3.35. The summed E-state index contributed by atoms with van der Waals surface area (Å²) >= 11 is 3.54. The van der Waals surface area contributed by atoms with Crippen molar-refractivity contribution in [3.05, 3.63) is 22.2 Å². The van der Waals surface area contributed by atoms with Crippen LogP contribution in [0.5, 0.6) is 11.5 Å². The number of hydrogen-bond donors (Lipinski definition) is 1. The lowest BCUT2D eigenvalue weighted by molar-refractivity contribution is 0.378. The largest absolute Gasteiger partial charge is 0.495 e. The van der Waals surface area contributed by atoms with E-state index >= 15 is 0 Å². The fourth-order valence-electron chi connectivity index (χ4n) is 1.99. The summed E-state index contributed by atoms with van der Waals surface area (Å²) in [6.45, 7) is 5.34. The second-order valence-corrected chi connectivity index (χ2v) is 4.91. The molecule has 0 saturated heterocycles. The van der Waals surface area contributed by atoms with Crippen LogP contribution in [0.3, 0.4) is 0 Å². The minimum atomic E-state index is 0.308. The molecule has 0 aromatic heterocycles. The van der Waals surface area contributed by atoms with Gasteiger partial charge in [-0.25, -0.2) is 0 Å². The highest BCUT2D eigenvalue weighted by Crippen LogP contribution is 2.40. The summed E-state index contributed by atoms with van der Waals surface area (Å²) in [5, 5.41) is 3.53. The Bertz CT molecular complexity index is 382. The van der Waals surface area contributed by atoms with Crippen molar-refractivity contribution in [2.75, 3.05) is 20.8 Å². The Kier molecular flexibility index (Phi) is 6.50. The van der Waals surface area contributed by atoms with Crippen LogP contribution in [-0.2, 0) is 0 Å². The van der Waals surface area contributed by atoms with Gasteiger partial charge in [-0.05, 0) is 47.4 Å². The monoisotopic (exact) mass is 315 g/mol. The van der Waals surface area contributed by atoms with Gasteiger partial charge in [0.25, 0.3) is 0 Å². The fraction of sp³-hybridized carbons (Fsp3) is 0.571. The van der Waals surface area contributed by atoms with Crippen molar-refractivity contribution < 1.29 is 9.47 Å². The van der Waals surface area contributed by atoms with Crippen LogP contribution in [0.25, 0.3) is 0 Å². The van der Waals surface area contributed by atoms with Gasteiger partial charge in [0.15, 0.2) is 0 Å². The van der Waals surface area contributed by atoms with Gasteiger partial charge in [0, 0.05) is 11.6 Å². The van der Waals surface area contributed by atoms with Crippen molar-refractivity contribution in [3.8, 4) is 11.5 Å². The first-order valence-electron chi connectivity index (χ1n) is 6.33. The molecule has 4 heteroatoms. The molecule has 1 N–H and O–H groups in total. The zero-order valence-electron chi connectivity index (χ0n) is 11.5. The highest BCUT2D eigenvalue weighted by molar-refractivity contribution is 9.10. The zero-order chi connectivity index (χ0) is 13.5. The second kappa shape index (κ2) is 7.64. The van der Waals surface area contributed by atoms with E-state index in [2.05, 4.69) is 41.2 Å². The van der Waals surface area contributed by atoms with E-state index in [0.717, 1.165) is 35.4 Å². The lowest BCUT2D eigenvalue weighted by atomic mass is 10.0. The Labute approximate surface area is 118 Å². The number of rotatable bonds is 7. The van der Waals surface area contributed by atoms with Crippen molar-refractivity contribution in [1.82, 2.24) is 5.32 Å². The molecule has 18 heavy (non-hydrogen) atoms. The first-order valence-corrected chi connectivity index (χ1v) is 7.12. The standard InChI is InChI=1S/C14H22BrNO2/c1-5-9-16-11(6-2)10-7-8-12(17-3)13(15)14(10)18-4/h7-8,11,16H,5-6,9H2,1-4H3. The average Bonchev–Trinajstić information content (AvgIpc) is 2.40. The molecule has 0 aliphatic rings. The molecule has 0 amide bonds. The van der Waals surface area contributed by atoms with Crippen LogP contribution < -0.4 is 14.8 Å². The Hall–Kier alpha value is -0.740. The van der Waals surface area contributed by atoms with E-state index in [-0.39, 0.29) is 0 Å². The normalized spacial score (nSPS) is 12.3. The van der Waals surface area contributed by atoms with Crippen molar-refractivity contribution >= 4 is 15.9 Å². The molecule has 0 radical (unpaired) electrons. The van der Waals surface area contributed by atoms with Crippen molar-refractivity contribution in [2.45, 2.75) is 32.7 Å².